The monoisotopic (exact) mass is 348 g/mol. The lowest BCUT2D eigenvalue weighted by Crippen LogP contribution is -1.93. The third kappa shape index (κ3) is 2.39. The third-order valence-electron chi connectivity index (χ3n) is 2.86. The molecule has 0 saturated heterocycles. The molecule has 100 valence electrons. The maximum Gasteiger partial charge on any atom is 0.348 e. The third-order valence-corrected chi connectivity index (χ3v) is 4.51. The fourth-order valence-electron chi connectivity index (χ4n) is 1.96. The van der Waals surface area contributed by atoms with Crippen LogP contribution in [0.5, 0.6) is 0 Å². The molecule has 3 aromatic rings. The smallest absolute Gasteiger partial charge is 0.348 e. The summed E-state index contributed by atoms with van der Waals surface area (Å²) in [4.78, 5) is 10.9. The van der Waals surface area contributed by atoms with Crippen molar-refractivity contribution in [2.45, 2.75) is 0 Å². The Kier molecular flexibility index (Phi) is 3.42. The molecule has 0 spiro atoms. The highest BCUT2D eigenvalue weighted by Crippen LogP contribution is 2.42. The van der Waals surface area contributed by atoms with Gasteiger partial charge in [0, 0.05) is 20.2 Å². The molecule has 1 N–H and O–H groups in total. The van der Waals surface area contributed by atoms with Gasteiger partial charge in [0.25, 0.3) is 0 Å². The van der Waals surface area contributed by atoms with Gasteiger partial charge in [-0.15, -0.1) is 0 Å². The van der Waals surface area contributed by atoms with Crippen molar-refractivity contribution in [3.05, 3.63) is 63.1 Å². The molecule has 0 radical (unpaired) electrons. The topological polar surface area (TPSA) is 55.2 Å². The quantitative estimate of drug-likeness (QED) is 0.515. The summed E-state index contributed by atoms with van der Waals surface area (Å²) < 4.78 is 1.87. The minimum atomic E-state index is -0.341. The lowest BCUT2D eigenvalue weighted by Gasteiger charge is -2.05. The first-order valence-corrected chi connectivity index (χ1v) is 7.44. The minimum absolute atomic E-state index is 0.133. The molecule has 0 amide bonds. The SMILES string of the molecule is O=[N+]([O-])c1sc2ccccc2c1Nc1ccc(Br)cc1. The van der Waals surface area contributed by atoms with E-state index < -0.39 is 0 Å². The van der Waals surface area contributed by atoms with Crippen LogP contribution in [0, 0.1) is 10.1 Å². The predicted octanol–water partition coefficient (Wildman–Crippen LogP) is 5.32. The Balaban J connectivity index is 2.11. The number of rotatable bonds is 3. The number of nitro groups is 1. The second-order valence-corrected chi connectivity index (χ2v) is 6.11. The molecule has 0 unspecified atom stereocenters. The van der Waals surface area contributed by atoms with Gasteiger partial charge in [0.15, 0.2) is 0 Å². The Bertz CT molecular complexity index is 783. The summed E-state index contributed by atoms with van der Waals surface area (Å²) in [6, 6.07) is 15.1. The molecule has 3 rings (SSSR count). The standard InChI is InChI=1S/C14H9BrN2O2S/c15-9-5-7-10(8-6-9)16-13-11-3-1-2-4-12(11)20-14(13)17(18)19/h1-8,16H. The van der Waals surface area contributed by atoms with Gasteiger partial charge < -0.3 is 5.32 Å². The van der Waals surface area contributed by atoms with Crippen LogP contribution in [0.1, 0.15) is 0 Å². The van der Waals surface area contributed by atoms with Crippen LogP contribution in [0.15, 0.2) is 53.0 Å². The van der Waals surface area contributed by atoms with Crippen molar-refractivity contribution >= 4 is 53.7 Å². The summed E-state index contributed by atoms with van der Waals surface area (Å²) in [6.07, 6.45) is 0. The van der Waals surface area contributed by atoms with Crippen molar-refractivity contribution in [2.24, 2.45) is 0 Å². The number of thiophene rings is 1. The molecule has 1 aromatic heterocycles. The van der Waals surface area contributed by atoms with E-state index in [-0.39, 0.29) is 9.92 Å². The minimum Gasteiger partial charge on any atom is -0.349 e. The molecule has 0 aliphatic carbocycles. The van der Waals surface area contributed by atoms with Gasteiger partial charge in [0.1, 0.15) is 5.69 Å². The van der Waals surface area contributed by atoms with Crippen molar-refractivity contribution in [2.75, 3.05) is 5.32 Å². The van der Waals surface area contributed by atoms with E-state index in [1.54, 1.807) is 0 Å². The van der Waals surface area contributed by atoms with E-state index in [4.69, 9.17) is 0 Å². The molecule has 6 heteroatoms. The van der Waals surface area contributed by atoms with Crippen LogP contribution in [-0.4, -0.2) is 4.92 Å². The molecule has 0 saturated carbocycles. The first-order valence-electron chi connectivity index (χ1n) is 5.83. The summed E-state index contributed by atoms with van der Waals surface area (Å²) in [5, 5.41) is 15.4. The highest BCUT2D eigenvalue weighted by atomic mass is 79.9. The number of hydrogen-bond acceptors (Lipinski definition) is 4. The van der Waals surface area contributed by atoms with Crippen LogP contribution >= 0.6 is 27.3 Å². The number of nitrogens with zero attached hydrogens (tertiary/aromatic N) is 1. The van der Waals surface area contributed by atoms with E-state index >= 15 is 0 Å². The Morgan fingerprint density at radius 2 is 1.80 bits per heavy atom. The molecular formula is C14H9BrN2O2S. The number of benzene rings is 2. The first-order chi connectivity index (χ1) is 9.65. The van der Waals surface area contributed by atoms with Crippen LogP contribution in [0.25, 0.3) is 10.1 Å². The molecule has 0 fully saturated rings. The Morgan fingerprint density at radius 3 is 2.50 bits per heavy atom. The molecule has 0 bridgehead atoms. The normalized spacial score (nSPS) is 10.7. The Labute approximate surface area is 127 Å². The van der Waals surface area contributed by atoms with E-state index in [0.29, 0.717) is 5.69 Å². The van der Waals surface area contributed by atoms with Crippen LogP contribution in [0.3, 0.4) is 0 Å². The number of anilines is 2. The molecule has 0 atom stereocenters. The van der Waals surface area contributed by atoms with E-state index in [1.807, 2.05) is 48.5 Å². The molecule has 2 aromatic carbocycles. The lowest BCUT2D eigenvalue weighted by molar-refractivity contribution is -0.379. The van der Waals surface area contributed by atoms with Gasteiger partial charge in [0.05, 0.1) is 4.92 Å². The van der Waals surface area contributed by atoms with Crippen LogP contribution in [0.2, 0.25) is 0 Å². The van der Waals surface area contributed by atoms with Gasteiger partial charge in [-0.25, -0.2) is 0 Å². The first kappa shape index (κ1) is 13.1. The predicted molar refractivity (Wildman–Crippen MR) is 85.9 cm³/mol. The summed E-state index contributed by atoms with van der Waals surface area (Å²) in [7, 11) is 0. The molecule has 1 heterocycles. The van der Waals surface area contributed by atoms with Gasteiger partial charge in [-0.3, -0.25) is 10.1 Å². The number of hydrogen-bond donors (Lipinski definition) is 1. The molecule has 0 aliphatic rings. The van der Waals surface area contributed by atoms with Crippen LogP contribution < -0.4 is 5.32 Å². The molecule has 20 heavy (non-hydrogen) atoms. The fraction of sp³-hybridized carbons (Fsp3) is 0. The van der Waals surface area contributed by atoms with Gasteiger partial charge in [-0.05, 0) is 30.3 Å². The van der Waals surface area contributed by atoms with E-state index in [1.165, 1.54) is 11.3 Å². The van der Waals surface area contributed by atoms with Crippen molar-refractivity contribution in [3.8, 4) is 0 Å². The summed E-state index contributed by atoms with van der Waals surface area (Å²) >= 11 is 4.55. The highest BCUT2D eigenvalue weighted by molar-refractivity contribution is 9.10. The Morgan fingerprint density at radius 1 is 1.10 bits per heavy atom. The zero-order valence-electron chi connectivity index (χ0n) is 10.2. The summed E-state index contributed by atoms with van der Waals surface area (Å²) in [6.45, 7) is 0. The Hall–Kier alpha value is -1.92. The summed E-state index contributed by atoms with van der Waals surface area (Å²) in [5.41, 5.74) is 1.37. The maximum absolute atomic E-state index is 11.2. The van der Waals surface area contributed by atoms with Gasteiger partial charge in [-0.1, -0.05) is 45.5 Å². The number of nitrogens with one attached hydrogen (secondary N) is 1. The molecular weight excluding hydrogens is 340 g/mol. The molecule has 0 aliphatic heterocycles. The van der Waals surface area contributed by atoms with Gasteiger partial charge in [0.2, 0.25) is 0 Å². The fourth-order valence-corrected chi connectivity index (χ4v) is 3.20. The van der Waals surface area contributed by atoms with Crippen molar-refractivity contribution in [3.63, 3.8) is 0 Å². The average molecular weight is 349 g/mol. The van der Waals surface area contributed by atoms with Crippen LogP contribution in [-0.2, 0) is 0 Å². The zero-order chi connectivity index (χ0) is 14.1. The second kappa shape index (κ2) is 5.22. The molecule has 4 nitrogen and oxygen atoms in total. The van der Waals surface area contributed by atoms with Crippen LogP contribution in [0.4, 0.5) is 16.4 Å². The zero-order valence-corrected chi connectivity index (χ0v) is 12.6. The van der Waals surface area contributed by atoms with Crippen molar-refractivity contribution in [1.82, 2.24) is 0 Å². The van der Waals surface area contributed by atoms with E-state index in [2.05, 4.69) is 21.2 Å². The highest BCUT2D eigenvalue weighted by Gasteiger charge is 2.21. The average Bonchev–Trinajstić information content (AvgIpc) is 2.81. The van der Waals surface area contributed by atoms with Crippen molar-refractivity contribution in [1.29, 1.82) is 0 Å². The van der Waals surface area contributed by atoms with Gasteiger partial charge in [-0.2, -0.15) is 0 Å². The second-order valence-electron chi connectivity index (χ2n) is 4.17. The number of fused-ring (bicyclic) bond motifs is 1. The van der Waals surface area contributed by atoms with Gasteiger partial charge >= 0.3 is 5.00 Å². The summed E-state index contributed by atoms with van der Waals surface area (Å²) in [5.74, 6) is 0. The maximum atomic E-state index is 11.2. The van der Waals surface area contributed by atoms with E-state index in [9.17, 15) is 10.1 Å². The van der Waals surface area contributed by atoms with Crippen molar-refractivity contribution < 1.29 is 4.92 Å². The van der Waals surface area contributed by atoms with E-state index in [0.717, 1.165) is 20.2 Å². The number of halogens is 1. The lowest BCUT2D eigenvalue weighted by atomic mass is 10.2. The largest absolute Gasteiger partial charge is 0.349 e.